The van der Waals surface area contributed by atoms with Gasteiger partial charge in [-0.1, -0.05) is 77.8 Å². The molecule has 226 valence electrons. The maximum Gasteiger partial charge on any atom is 0.0770 e. The Balaban J connectivity index is 0.00000312. The normalized spacial score (nSPS) is 12.7. The maximum absolute atomic E-state index is 4.99. The zero-order valence-corrected chi connectivity index (χ0v) is 27.5. The van der Waals surface area contributed by atoms with E-state index in [1.165, 1.54) is 22.2 Å². The quantitative estimate of drug-likeness (QED) is 0.167. The van der Waals surface area contributed by atoms with E-state index in [0.717, 1.165) is 55.9 Å². The number of benzene rings is 6. The van der Waals surface area contributed by atoms with Crippen LogP contribution in [0.4, 0.5) is 17.1 Å². The van der Waals surface area contributed by atoms with Gasteiger partial charge in [-0.25, -0.2) is 0 Å². The molecule has 1 aliphatic rings. The molecule has 0 unspecified atom stereocenters. The van der Waals surface area contributed by atoms with Crippen molar-refractivity contribution in [2.24, 2.45) is 7.05 Å². The van der Waals surface area contributed by atoms with Gasteiger partial charge in [0, 0.05) is 45.0 Å². The third-order valence-electron chi connectivity index (χ3n) is 8.89. The number of fused-ring (bicyclic) bond motifs is 5. The van der Waals surface area contributed by atoms with Crippen molar-refractivity contribution >= 4 is 49.9 Å². The first kappa shape index (κ1) is 28.4. The molecule has 5 nitrogen and oxygen atoms in total. The summed E-state index contributed by atoms with van der Waals surface area (Å²) in [5, 5.41) is 2.32. The summed E-state index contributed by atoms with van der Waals surface area (Å²) < 4.78 is 4.44. The Hall–Kier alpha value is -5.12. The molecule has 0 saturated carbocycles. The number of para-hydroxylation sites is 4. The van der Waals surface area contributed by atoms with Crippen molar-refractivity contribution in [1.82, 2.24) is 14.1 Å². The maximum atomic E-state index is 4.99. The summed E-state index contributed by atoms with van der Waals surface area (Å²) in [5.74, 6) is 0.893. The third kappa shape index (κ3) is 4.38. The molecule has 0 N–H and O–H groups in total. The van der Waals surface area contributed by atoms with Crippen molar-refractivity contribution in [3.63, 3.8) is 0 Å². The van der Waals surface area contributed by atoms with Crippen LogP contribution in [0.5, 0.6) is 0 Å². The summed E-state index contributed by atoms with van der Waals surface area (Å²) in [6.45, 7) is 2.12. The summed E-state index contributed by atoms with van der Waals surface area (Å²) >= 11 is 0. The van der Waals surface area contributed by atoms with Crippen LogP contribution in [0.2, 0.25) is 0 Å². The number of hydrogen-bond donors (Lipinski definition) is 0. The fraction of sp³-hybridized carbons (Fsp3) is 0.0500. The van der Waals surface area contributed by atoms with E-state index in [2.05, 4.69) is 173 Å². The van der Waals surface area contributed by atoms with Crippen LogP contribution in [0.1, 0.15) is 0 Å². The van der Waals surface area contributed by atoms with Crippen molar-refractivity contribution in [3.8, 4) is 28.2 Å². The van der Waals surface area contributed by atoms with Gasteiger partial charge in [-0.3, -0.25) is 4.98 Å². The third-order valence-corrected chi connectivity index (χ3v) is 8.89. The van der Waals surface area contributed by atoms with E-state index in [4.69, 9.17) is 4.98 Å². The molecule has 2 aromatic heterocycles. The average molecular weight is 774 g/mol. The second kappa shape index (κ2) is 11.0. The zero-order valence-electron chi connectivity index (χ0n) is 25.3. The van der Waals surface area contributed by atoms with Crippen molar-refractivity contribution in [1.29, 1.82) is 0 Å². The first-order valence-corrected chi connectivity index (χ1v) is 15.1. The van der Waals surface area contributed by atoms with Gasteiger partial charge in [0.05, 0.1) is 16.9 Å². The Morgan fingerprint density at radius 3 is 2.22 bits per heavy atom. The van der Waals surface area contributed by atoms with Gasteiger partial charge in [0.2, 0.25) is 0 Å². The fourth-order valence-corrected chi connectivity index (χ4v) is 6.69. The first-order chi connectivity index (χ1) is 22.1. The Labute approximate surface area is 282 Å². The molecule has 6 aromatic carbocycles. The van der Waals surface area contributed by atoms with Gasteiger partial charge in [0.25, 0.3) is 0 Å². The predicted octanol–water partition coefficient (Wildman–Crippen LogP) is 9.31. The first-order valence-electron chi connectivity index (χ1n) is 15.1. The number of rotatable bonds is 4. The number of aromatic nitrogens is 3. The van der Waals surface area contributed by atoms with E-state index in [1.807, 2.05) is 6.07 Å². The smallest absolute Gasteiger partial charge is 0.0770 e. The van der Waals surface area contributed by atoms with Gasteiger partial charge >= 0.3 is 0 Å². The van der Waals surface area contributed by atoms with Crippen LogP contribution in [0.3, 0.4) is 0 Å². The monoisotopic (exact) mass is 773 g/mol. The van der Waals surface area contributed by atoms with E-state index in [0.29, 0.717) is 0 Å². The second-order valence-corrected chi connectivity index (χ2v) is 11.6. The van der Waals surface area contributed by atoms with E-state index >= 15 is 0 Å². The minimum absolute atomic E-state index is 0. The molecule has 0 amide bonds. The summed E-state index contributed by atoms with van der Waals surface area (Å²) in [6.07, 6.45) is 0. The molecule has 0 radical (unpaired) electrons. The molecule has 8 aromatic rings. The molecule has 0 spiro atoms. The SMILES string of the molecule is CN1[CH-]N(c2[c-]c(-n3c4[c-]c(-c5nc6ccccc6n5C)ccc4c4cc(-c5ccccc5)ccc43)ccc2)c2ccccc21.[Pt]. The van der Waals surface area contributed by atoms with Gasteiger partial charge in [0.1, 0.15) is 0 Å². The van der Waals surface area contributed by atoms with Gasteiger partial charge in [0.15, 0.2) is 0 Å². The molecule has 1 aliphatic heterocycles. The van der Waals surface area contributed by atoms with Gasteiger partial charge < -0.3 is 18.9 Å². The van der Waals surface area contributed by atoms with Crippen LogP contribution >= 0.6 is 0 Å². The van der Waals surface area contributed by atoms with Gasteiger partial charge in [-0.05, 0) is 59.4 Å². The summed E-state index contributed by atoms with van der Waals surface area (Å²) in [7, 11) is 4.15. The standard InChI is InChI=1S/C40H28N5.Pt/c1-42-26-44(38-18-9-8-17-37(38)42)30-13-10-14-31(25-30)45-35-22-20-28(27-11-4-3-5-12-27)23-33(35)32-21-19-29(24-39(32)45)40-41-34-15-6-7-16-36(34)43(40)2;/h3-23,26H,1-2H3;/q-3;. The number of imidazole rings is 1. The molecule has 0 fully saturated rings. The van der Waals surface area contributed by atoms with Crippen LogP contribution in [-0.2, 0) is 28.1 Å². The van der Waals surface area contributed by atoms with Crippen molar-refractivity contribution in [2.45, 2.75) is 0 Å². The van der Waals surface area contributed by atoms with Crippen molar-refractivity contribution in [3.05, 3.63) is 146 Å². The molecule has 0 saturated heterocycles. The van der Waals surface area contributed by atoms with Crippen LogP contribution in [0, 0.1) is 18.8 Å². The molecule has 6 heteroatoms. The molecule has 0 atom stereocenters. The number of hydrogen-bond acceptors (Lipinski definition) is 3. The Morgan fingerprint density at radius 2 is 1.37 bits per heavy atom. The minimum Gasteiger partial charge on any atom is -0.504 e. The molecule has 0 bridgehead atoms. The van der Waals surface area contributed by atoms with E-state index in [-0.39, 0.29) is 21.1 Å². The summed E-state index contributed by atoms with van der Waals surface area (Å²) in [6, 6.07) is 52.3. The van der Waals surface area contributed by atoms with Crippen molar-refractivity contribution < 1.29 is 21.1 Å². The van der Waals surface area contributed by atoms with Crippen LogP contribution < -0.4 is 9.80 Å². The Bertz CT molecular complexity index is 2410. The van der Waals surface area contributed by atoms with Crippen LogP contribution in [-0.4, -0.2) is 21.2 Å². The van der Waals surface area contributed by atoms with Gasteiger partial charge in [-0.15, -0.1) is 47.6 Å². The second-order valence-electron chi connectivity index (χ2n) is 11.6. The number of anilines is 3. The average Bonchev–Trinajstić information content (AvgIpc) is 3.73. The number of nitrogens with zero attached hydrogens (tertiary/aromatic N) is 5. The van der Waals surface area contributed by atoms with Crippen molar-refractivity contribution in [2.75, 3.05) is 16.8 Å². The molecule has 3 heterocycles. The van der Waals surface area contributed by atoms with E-state index in [1.54, 1.807) is 0 Å². The Morgan fingerprint density at radius 1 is 0.609 bits per heavy atom. The zero-order chi connectivity index (χ0) is 30.1. The topological polar surface area (TPSA) is 29.2 Å². The van der Waals surface area contributed by atoms with Crippen LogP contribution in [0.25, 0.3) is 61.0 Å². The minimum atomic E-state index is 0. The summed E-state index contributed by atoms with van der Waals surface area (Å²) in [5.41, 5.74) is 11.8. The van der Waals surface area contributed by atoms with Crippen LogP contribution in [0.15, 0.2) is 127 Å². The summed E-state index contributed by atoms with van der Waals surface area (Å²) in [4.78, 5) is 9.35. The number of aryl methyl sites for hydroxylation is 1. The Kier molecular flexibility index (Phi) is 6.81. The largest absolute Gasteiger partial charge is 0.504 e. The molecular formula is C40H28N5Pt-3. The fourth-order valence-electron chi connectivity index (χ4n) is 6.69. The van der Waals surface area contributed by atoms with E-state index in [9.17, 15) is 0 Å². The molecular weight excluding hydrogens is 746 g/mol. The predicted molar refractivity (Wildman–Crippen MR) is 185 cm³/mol. The van der Waals surface area contributed by atoms with E-state index < -0.39 is 0 Å². The molecule has 9 rings (SSSR count). The van der Waals surface area contributed by atoms with Gasteiger partial charge in [-0.2, -0.15) is 12.7 Å². The molecule has 0 aliphatic carbocycles. The molecule has 46 heavy (non-hydrogen) atoms.